The van der Waals surface area contributed by atoms with Crippen LogP contribution in [0.1, 0.15) is 65.2 Å². The molecule has 2 aromatic rings. The fourth-order valence-corrected chi connectivity index (χ4v) is 2.53. The van der Waals surface area contributed by atoms with E-state index in [2.05, 4.69) is 91.7 Å². The van der Waals surface area contributed by atoms with Crippen LogP contribution in [0.25, 0.3) is 0 Å². The number of benzene rings is 2. The van der Waals surface area contributed by atoms with E-state index in [0.717, 1.165) is 22.8 Å². The molecule has 0 aromatic heterocycles. The topological polar surface area (TPSA) is 37.1 Å². The van der Waals surface area contributed by atoms with Gasteiger partial charge in [-0.05, 0) is 57.4 Å². The van der Waals surface area contributed by atoms with E-state index >= 15 is 0 Å². The second-order valence-electron chi connectivity index (χ2n) is 6.39. The van der Waals surface area contributed by atoms with Gasteiger partial charge in [0.1, 0.15) is 0 Å². The van der Waals surface area contributed by atoms with Gasteiger partial charge in [0.2, 0.25) is 0 Å². The first-order valence-electron chi connectivity index (χ1n) is 10.7. The molecule has 0 aliphatic heterocycles. The minimum absolute atomic E-state index is 0.216. The first-order valence-corrected chi connectivity index (χ1v) is 11.1. The van der Waals surface area contributed by atoms with E-state index in [1.165, 1.54) is 16.7 Å². The summed E-state index contributed by atoms with van der Waals surface area (Å²) in [5, 5.41) is 0. The fourth-order valence-electron chi connectivity index (χ4n) is 2.53. The average molecular weight is 459 g/mol. The van der Waals surface area contributed by atoms with Crippen molar-refractivity contribution in [3.8, 4) is 0 Å². The molecule has 0 unspecified atom stereocenters. The fraction of sp³-hybridized carbons (Fsp3) is 0.462. The second-order valence-corrected chi connectivity index (χ2v) is 6.81. The molecule has 0 N–H and O–H groups in total. The van der Waals surface area contributed by atoms with Crippen molar-refractivity contribution in [2.45, 2.75) is 69.2 Å². The number of hydrogen-bond acceptors (Lipinski definition) is 3. The SMILES string of the molecule is CC.CC.CC(=Nc1ccccc1C)[C@H](C)C(C)=Nc1c(C)cccc1C.C[N]=[Cu]. The third kappa shape index (κ3) is 10.8. The summed E-state index contributed by atoms with van der Waals surface area (Å²) in [4.78, 5) is 9.68. The van der Waals surface area contributed by atoms with Crippen molar-refractivity contribution < 1.29 is 15.8 Å². The van der Waals surface area contributed by atoms with Crippen LogP contribution in [-0.4, -0.2) is 18.5 Å². The van der Waals surface area contributed by atoms with Crippen LogP contribution < -0.4 is 0 Å². The number of para-hydroxylation sites is 2. The first-order chi connectivity index (χ1) is 14.3. The molecule has 0 aliphatic carbocycles. The van der Waals surface area contributed by atoms with Gasteiger partial charge in [-0.1, -0.05) is 71.0 Å². The van der Waals surface area contributed by atoms with E-state index in [1.54, 1.807) is 7.05 Å². The number of hydrogen-bond donors (Lipinski definition) is 0. The van der Waals surface area contributed by atoms with E-state index in [-0.39, 0.29) is 5.92 Å². The number of rotatable bonds is 4. The number of aryl methyl sites for hydroxylation is 3. The molecule has 3 nitrogen and oxygen atoms in total. The minimum atomic E-state index is 0.216. The van der Waals surface area contributed by atoms with Gasteiger partial charge in [-0.2, -0.15) is 0 Å². The Labute approximate surface area is 193 Å². The van der Waals surface area contributed by atoms with Crippen molar-refractivity contribution >= 4 is 22.8 Å². The maximum atomic E-state index is 4.88. The average Bonchev–Trinajstić information content (AvgIpc) is 2.75. The summed E-state index contributed by atoms with van der Waals surface area (Å²) in [5.74, 6) is 0.216. The van der Waals surface area contributed by atoms with Crippen molar-refractivity contribution in [1.82, 2.24) is 0 Å². The van der Waals surface area contributed by atoms with Crippen molar-refractivity contribution in [1.29, 1.82) is 0 Å². The second kappa shape index (κ2) is 17.9. The molecular formula is C26H41CuN3. The third-order valence-corrected chi connectivity index (χ3v) is 4.39. The molecule has 0 heterocycles. The van der Waals surface area contributed by atoms with Gasteiger partial charge in [-0.15, -0.1) is 0 Å². The summed E-state index contributed by atoms with van der Waals surface area (Å²) in [7, 11) is 1.56. The van der Waals surface area contributed by atoms with Gasteiger partial charge in [0.25, 0.3) is 0 Å². The Morgan fingerprint density at radius 1 is 0.733 bits per heavy atom. The van der Waals surface area contributed by atoms with Crippen molar-refractivity contribution in [3.05, 3.63) is 59.2 Å². The van der Waals surface area contributed by atoms with E-state index in [4.69, 9.17) is 9.98 Å². The molecule has 0 amide bonds. The third-order valence-electron chi connectivity index (χ3n) is 4.39. The molecule has 0 saturated carbocycles. The van der Waals surface area contributed by atoms with Crippen molar-refractivity contribution in [3.63, 3.8) is 0 Å². The molecule has 0 radical (unpaired) electrons. The van der Waals surface area contributed by atoms with Crippen LogP contribution in [-0.2, 0) is 15.8 Å². The molecule has 2 rings (SSSR count). The Balaban J connectivity index is 0. The van der Waals surface area contributed by atoms with Gasteiger partial charge in [-0.3, -0.25) is 9.98 Å². The zero-order valence-electron chi connectivity index (χ0n) is 20.8. The van der Waals surface area contributed by atoms with Crippen LogP contribution in [0.15, 0.2) is 56.4 Å². The Bertz CT molecular complexity index is 787. The summed E-state index contributed by atoms with van der Waals surface area (Å²) < 4.78 is 3.06. The van der Waals surface area contributed by atoms with Crippen LogP contribution in [0.2, 0.25) is 0 Å². The number of nitrogens with zero attached hydrogens (tertiary/aromatic N) is 3. The zero-order valence-corrected chi connectivity index (χ0v) is 21.7. The van der Waals surface area contributed by atoms with Gasteiger partial charge in [0, 0.05) is 17.3 Å². The summed E-state index contributed by atoms with van der Waals surface area (Å²) in [6, 6.07) is 14.5. The summed E-state index contributed by atoms with van der Waals surface area (Å²) in [5.41, 5.74) is 7.93. The van der Waals surface area contributed by atoms with Crippen LogP contribution in [0, 0.1) is 26.7 Å². The van der Waals surface area contributed by atoms with Gasteiger partial charge < -0.3 is 0 Å². The van der Waals surface area contributed by atoms with Gasteiger partial charge in [0.15, 0.2) is 0 Å². The predicted molar refractivity (Wildman–Crippen MR) is 133 cm³/mol. The quantitative estimate of drug-likeness (QED) is 0.325. The van der Waals surface area contributed by atoms with Gasteiger partial charge >= 0.3 is 26.8 Å². The van der Waals surface area contributed by atoms with Crippen LogP contribution in [0.5, 0.6) is 0 Å². The normalized spacial score (nSPS) is 11.6. The van der Waals surface area contributed by atoms with Crippen LogP contribution >= 0.6 is 0 Å². The molecule has 0 aliphatic rings. The summed E-state index contributed by atoms with van der Waals surface area (Å²) >= 11 is 4.13. The summed E-state index contributed by atoms with van der Waals surface area (Å²) in [6.45, 7) is 20.7. The maximum absolute atomic E-state index is 4.88. The molecule has 30 heavy (non-hydrogen) atoms. The van der Waals surface area contributed by atoms with Crippen molar-refractivity contribution in [2.75, 3.05) is 7.05 Å². The molecule has 4 heteroatoms. The van der Waals surface area contributed by atoms with Gasteiger partial charge in [-0.25, -0.2) is 0 Å². The van der Waals surface area contributed by atoms with E-state index < -0.39 is 0 Å². The molecule has 1 atom stereocenters. The number of aliphatic imine (C=N–C) groups is 2. The van der Waals surface area contributed by atoms with Crippen molar-refractivity contribution in [2.24, 2.45) is 19.9 Å². The Morgan fingerprint density at radius 3 is 1.60 bits per heavy atom. The molecular weight excluding hydrogens is 418 g/mol. The Kier molecular flexibility index (Phi) is 18.1. The molecule has 0 bridgehead atoms. The Morgan fingerprint density at radius 2 is 1.13 bits per heavy atom. The summed E-state index contributed by atoms with van der Waals surface area (Å²) in [6.07, 6.45) is 0. The van der Waals surface area contributed by atoms with Crippen LogP contribution in [0.3, 0.4) is 0 Å². The zero-order chi connectivity index (χ0) is 23.7. The van der Waals surface area contributed by atoms with Gasteiger partial charge in [0.05, 0.1) is 11.4 Å². The monoisotopic (exact) mass is 458 g/mol. The molecule has 2 aromatic carbocycles. The standard InChI is InChI=1S/C21H26N2.2C2H6.CH3N.Cu/c1-14-10-7-8-13-20(14)22-18(5)17(4)19(6)23-21-15(2)11-9-12-16(21)3;3*1-2;/h7-13,17H,1-6H3;2*1-2H3;1H3;/t17-;;;;/m0..../s1. The van der Waals surface area contributed by atoms with Crippen LogP contribution in [0.4, 0.5) is 11.4 Å². The van der Waals surface area contributed by atoms with E-state index in [9.17, 15) is 0 Å². The molecule has 0 fully saturated rings. The molecule has 0 spiro atoms. The molecule has 171 valence electrons. The Hall–Kier alpha value is -1.90. The van der Waals surface area contributed by atoms with E-state index in [0.29, 0.717) is 0 Å². The first kappa shape index (κ1) is 30.3. The van der Waals surface area contributed by atoms with E-state index in [1.807, 2.05) is 39.8 Å². The predicted octanol–water partition coefficient (Wildman–Crippen LogP) is 8.53. The molecule has 0 saturated heterocycles.